The first-order valence-corrected chi connectivity index (χ1v) is 17.7. The summed E-state index contributed by atoms with van der Waals surface area (Å²) in [5.74, 6) is 1.98. The average molecular weight is 861 g/mol. The van der Waals surface area contributed by atoms with E-state index >= 15 is 0 Å². The van der Waals surface area contributed by atoms with Crippen molar-refractivity contribution >= 4 is 27.8 Å². The van der Waals surface area contributed by atoms with Crippen molar-refractivity contribution < 1.29 is 30.5 Å². The Kier molecular flexibility index (Phi) is 8.46. The summed E-state index contributed by atoms with van der Waals surface area (Å²) in [4.78, 5) is 10.2. The largest absolute Gasteiger partial charge is 2.00 e. The van der Waals surface area contributed by atoms with E-state index in [0.717, 1.165) is 44.5 Å². The van der Waals surface area contributed by atoms with Crippen LogP contribution in [0.5, 0.6) is 11.5 Å². The van der Waals surface area contributed by atoms with Crippen molar-refractivity contribution in [3.8, 4) is 17.2 Å². The standard InChI is InChI=1S/C46H39N3O2.Pt/c1-27-20-35-33-18-13-19-36-43(33)49(44(35)47-25-27)39-24-41(30(4)22-37(39)46(36,5)6)51-40-23-34(28(2)21-29(40)3)45-48-38(26-50-45)42(31-14-9-7-10-15-31)32-16-11-8-12-17-32;/h7-22,25,38,42H,26H2,1-6H3;/q-2;+2/t38-;/m0./s1. The van der Waals surface area contributed by atoms with Crippen LogP contribution in [0.1, 0.15) is 69.8 Å². The van der Waals surface area contributed by atoms with E-state index < -0.39 is 0 Å². The maximum absolute atomic E-state index is 6.78. The van der Waals surface area contributed by atoms with Gasteiger partial charge in [0.1, 0.15) is 11.5 Å². The Labute approximate surface area is 319 Å². The van der Waals surface area contributed by atoms with Crippen LogP contribution in [0.2, 0.25) is 0 Å². The summed E-state index contributed by atoms with van der Waals surface area (Å²) >= 11 is 0. The molecule has 0 aliphatic carbocycles. The Bertz CT molecular complexity index is 2500. The minimum Gasteiger partial charge on any atom is -0.518 e. The molecule has 52 heavy (non-hydrogen) atoms. The summed E-state index contributed by atoms with van der Waals surface area (Å²) in [6, 6.07) is 41.7. The number of fused-ring (bicyclic) bond motifs is 5. The van der Waals surface area contributed by atoms with Crippen LogP contribution in [0.15, 0.2) is 108 Å². The topological polar surface area (TPSA) is 48.6 Å². The van der Waals surface area contributed by atoms with Gasteiger partial charge in [0, 0.05) is 34.4 Å². The van der Waals surface area contributed by atoms with E-state index in [2.05, 4.69) is 155 Å². The number of pyridine rings is 1. The molecule has 0 fully saturated rings. The number of hydrogen-bond donors (Lipinski definition) is 0. The molecule has 0 unspecified atom stereocenters. The fraction of sp³-hybridized carbons (Fsp3) is 0.217. The molecule has 1 atom stereocenters. The first kappa shape index (κ1) is 34.1. The molecular weight excluding hydrogens is 822 g/mol. The summed E-state index contributed by atoms with van der Waals surface area (Å²) < 4.78 is 15.4. The third-order valence-corrected chi connectivity index (χ3v) is 10.8. The molecule has 0 saturated heterocycles. The van der Waals surface area contributed by atoms with Crippen LogP contribution >= 0.6 is 0 Å². The van der Waals surface area contributed by atoms with Crippen LogP contribution in [-0.4, -0.2) is 28.1 Å². The van der Waals surface area contributed by atoms with Gasteiger partial charge in [-0.3, -0.25) is 4.99 Å². The molecule has 0 bridgehead atoms. The Morgan fingerprint density at radius 3 is 2.15 bits per heavy atom. The Balaban J connectivity index is 0.00000387. The zero-order chi connectivity index (χ0) is 35.0. The molecule has 5 aromatic carbocycles. The van der Waals surface area contributed by atoms with Crippen molar-refractivity contribution in [2.75, 3.05) is 6.61 Å². The number of rotatable bonds is 6. The summed E-state index contributed by atoms with van der Waals surface area (Å²) in [5, 5.41) is 2.36. The van der Waals surface area contributed by atoms with Gasteiger partial charge in [-0.25, -0.2) is 4.98 Å². The molecule has 6 heteroatoms. The second-order valence-corrected chi connectivity index (χ2v) is 14.6. The summed E-state index contributed by atoms with van der Waals surface area (Å²) in [6.07, 6.45) is 1.95. The fourth-order valence-electron chi connectivity index (χ4n) is 8.15. The normalized spacial score (nSPS) is 15.7. The van der Waals surface area contributed by atoms with Crippen molar-refractivity contribution in [1.82, 2.24) is 9.55 Å². The van der Waals surface area contributed by atoms with Gasteiger partial charge in [-0.05, 0) is 40.7 Å². The van der Waals surface area contributed by atoms with E-state index in [1.165, 1.54) is 33.2 Å². The number of hydrogen-bond acceptors (Lipinski definition) is 4. The summed E-state index contributed by atoms with van der Waals surface area (Å²) in [6.45, 7) is 13.4. The van der Waals surface area contributed by atoms with Gasteiger partial charge < -0.3 is 14.0 Å². The zero-order valence-corrected chi connectivity index (χ0v) is 32.4. The second-order valence-electron chi connectivity index (χ2n) is 14.6. The predicted molar refractivity (Wildman–Crippen MR) is 205 cm³/mol. The van der Waals surface area contributed by atoms with Crippen LogP contribution in [0, 0.1) is 39.8 Å². The van der Waals surface area contributed by atoms with Crippen LogP contribution in [0.25, 0.3) is 27.6 Å². The van der Waals surface area contributed by atoms with Gasteiger partial charge in [-0.1, -0.05) is 136 Å². The van der Waals surface area contributed by atoms with Crippen molar-refractivity contribution in [2.45, 2.75) is 58.9 Å². The van der Waals surface area contributed by atoms with E-state index in [1.54, 1.807) is 0 Å². The molecule has 0 amide bonds. The van der Waals surface area contributed by atoms with Gasteiger partial charge >= 0.3 is 21.1 Å². The number of aryl methyl sites for hydroxylation is 4. The molecule has 0 spiro atoms. The number of benzene rings is 5. The van der Waals surface area contributed by atoms with Crippen molar-refractivity contribution in [3.05, 3.63) is 165 Å². The molecule has 0 N–H and O–H groups in total. The molecule has 0 saturated carbocycles. The fourth-order valence-corrected chi connectivity index (χ4v) is 8.15. The van der Waals surface area contributed by atoms with Crippen LogP contribution < -0.4 is 4.74 Å². The molecule has 260 valence electrons. The monoisotopic (exact) mass is 860 g/mol. The molecule has 2 aliphatic heterocycles. The molecular formula is C46H39N3O2Pt. The maximum Gasteiger partial charge on any atom is 2.00 e. The van der Waals surface area contributed by atoms with Gasteiger partial charge in [0.15, 0.2) is 0 Å². The van der Waals surface area contributed by atoms with E-state index in [1.807, 2.05) is 6.20 Å². The molecule has 9 rings (SSSR count). The molecule has 7 aromatic rings. The third-order valence-electron chi connectivity index (χ3n) is 10.8. The Morgan fingerprint density at radius 1 is 0.769 bits per heavy atom. The number of aliphatic imine (C=N–C) groups is 1. The maximum atomic E-state index is 6.78. The van der Waals surface area contributed by atoms with E-state index in [0.29, 0.717) is 24.0 Å². The molecule has 5 nitrogen and oxygen atoms in total. The van der Waals surface area contributed by atoms with E-state index in [-0.39, 0.29) is 38.4 Å². The van der Waals surface area contributed by atoms with Crippen molar-refractivity contribution in [1.29, 1.82) is 0 Å². The number of nitrogens with zero attached hydrogens (tertiary/aromatic N) is 3. The minimum absolute atomic E-state index is 0. The van der Waals surface area contributed by atoms with E-state index in [9.17, 15) is 0 Å². The molecule has 0 radical (unpaired) electrons. The number of para-hydroxylation sites is 1. The quantitative estimate of drug-likeness (QED) is 0.157. The molecule has 2 aliphatic rings. The van der Waals surface area contributed by atoms with Gasteiger partial charge in [0.2, 0.25) is 0 Å². The SMILES string of the molecule is Cc1cnc2c(c1)c1cccc3c1n2-c1[c-]c(Oc2[c-]c(C4=N[C@H](C(c5ccccc5)c5ccccc5)CO4)c(C)cc2C)c(C)cc1C3(C)C.[Pt+2]. The Hall–Kier alpha value is -4.99. The second kappa shape index (κ2) is 12.9. The predicted octanol–water partition coefficient (Wildman–Crippen LogP) is 10.4. The van der Waals surface area contributed by atoms with Crippen molar-refractivity contribution in [2.24, 2.45) is 4.99 Å². The van der Waals surface area contributed by atoms with Gasteiger partial charge in [0.05, 0.1) is 18.2 Å². The van der Waals surface area contributed by atoms with Crippen LogP contribution in [-0.2, 0) is 31.2 Å². The van der Waals surface area contributed by atoms with E-state index in [4.69, 9.17) is 19.5 Å². The minimum atomic E-state index is -0.237. The zero-order valence-electron chi connectivity index (χ0n) is 30.2. The molecule has 2 aromatic heterocycles. The third kappa shape index (κ3) is 5.40. The Morgan fingerprint density at radius 2 is 1.44 bits per heavy atom. The number of ether oxygens (including phenoxy) is 2. The van der Waals surface area contributed by atoms with Gasteiger partial charge in [-0.15, -0.1) is 28.8 Å². The first-order valence-electron chi connectivity index (χ1n) is 17.7. The summed E-state index contributed by atoms with van der Waals surface area (Å²) in [7, 11) is 0. The summed E-state index contributed by atoms with van der Waals surface area (Å²) in [5.41, 5.74) is 12.8. The smallest absolute Gasteiger partial charge is 0.518 e. The first-order chi connectivity index (χ1) is 24.7. The van der Waals surface area contributed by atoms with Crippen molar-refractivity contribution in [3.63, 3.8) is 0 Å². The average Bonchev–Trinajstić information content (AvgIpc) is 3.73. The van der Waals surface area contributed by atoms with Crippen LogP contribution in [0.3, 0.4) is 0 Å². The van der Waals surface area contributed by atoms with Gasteiger partial charge in [-0.2, -0.15) is 6.07 Å². The molecule has 4 heterocycles. The van der Waals surface area contributed by atoms with Gasteiger partial charge in [0.25, 0.3) is 0 Å². The van der Waals surface area contributed by atoms with Crippen LogP contribution in [0.4, 0.5) is 0 Å². The number of aromatic nitrogens is 2.